The lowest BCUT2D eigenvalue weighted by atomic mass is 10.2. The fourth-order valence-electron chi connectivity index (χ4n) is 3.39. The number of hydrogen-bond acceptors (Lipinski definition) is 5. The first kappa shape index (κ1) is 23.0. The van der Waals surface area contributed by atoms with Crippen molar-refractivity contribution in [2.75, 3.05) is 26.8 Å². The Labute approximate surface area is 185 Å². The minimum atomic E-state index is -0.386. The Morgan fingerprint density at radius 3 is 2.42 bits per heavy atom. The van der Waals surface area contributed by atoms with Gasteiger partial charge in [0.1, 0.15) is 5.75 Å². The lowest BCUT2D eigenvalue weighted by Gasteiger charge is -2.24. The summed E-state index contributed by atoms with van der Waals surface area (Å²) in [6, 6.07) is 18.0. The molecule has 3 rings (SSSR count). The van der Waals surface area contributed by atoms with Crippen molar-refractivity contribution < 1.29 is 14.6 Å². The zero-order valence-corrected chi connectivity index (χ0v) is 18.9. The summed E-state index contributed by atoms with van der Waals surface area (Å²) >= 11 is 0. The Morgan fingerprint density at radius 2 is 1.77 bits per heavy atom. The van der Waals surface area contributed by atoms with Crippen molar-refractivity contribution in [2.45, 2.75) is 39.8 Å². The molecule has 1 unspecified atom stereocenters. The molecule has 1 atom stereocenters. The van der Waals surface area contributed by atoms with E-state index in [4.69, 9.17) is 14.6 Å². The Balaban J connectivity index is 1.99. The van der Waals surface area contributed by atoms with Crippen molar-refractivity contribution in [3.8, 4) is 17.3 Å². The molecule has 0 saturated carbocycles. The fraction of sp³-hybridized carbons (Fsp3) is 0.400. The Bertz CT molecular complexity index is 939. The standard InChI is InChI=1S/C25H33N3O3/c1-5-22(29)17-27(15-16-30-4)18-24-20(3)26-28(21-9-7-6-8-10-21)25(24)31-23-13-11-19(2)12-14-23/h6-14,22,29H,5,15-18H2,1-4H3. The van der Waals surface area contributed by atoms with Gasteiger partial charge in [-0.05, 0) is 44.5 Å². The number of aromatic nitrogens is 2. The van der Waals surface area contributed by atoms with Crippen LogP contribution >= 0.6 is 0 Å². The normalized spacial score (nSPS) is 12.3. The van der Waals surface area contributed by atoms with Gasteiger partial charge in [0.15, 0.2) is 0 Å². The third kappa shape index (κ3) is 6.17. The predicted molar refractivity (Wildman–Crippen MR) is 123 cm³/mol. The molecule has 0 fully saturated rings. The lowest BCUT2D eigenvalue weighted by Crippen LogP contribution is -2.34. The van der Waals surface area contributed by atoms with E-state index in [2.05, 4.69) is 11.8 Å². The summed E-state index contributed by atoms with van der Waals surface area (Å²) in [6.45, 7) is 8.54. The van der Waals surface area contributed by atoms with Gasteiger partial charge < -0.3 is 14.6 Å². The van der Waals surface area contributed by atoms with Crippen LogP contribution in [0.2, 0.25) is 0 Å². The summed E-state index contributed by atoms with van der Waals surface area (Å²) in [4.78, 5) is 2.19. The van der Waals surface area contributed by atoms with Gasteiger partial charge in [-0.1, -0.05) is 42.8 Å². The van der Waals surface area contributed by atoms with Crippen LogP contribution in [0.4, 0.5) is 0 Å². The molecule has 0 spiro atoms. The summed E-state index contributed by atoms with van der Waals surface area (Å²) in [6.07, 6.45) is 0.321. The number of ether oxygens (including phenoxy) is 2. The Morgan fingerprint density at radius 1 is 1.06 bits per heavy atom. The van der Waals surface area contributed by atoms with Crippen LogP contribution in [-0.4, -0.2) is 52.7 Å². The third-order valence-electron chi connectivity index (χ3n) is 5.31. The van der Waals surface area contributed by atoms with E-state index in [0.29, 0.717) is 38.5 Å². The van der Waals surface area contributed by atoms with Gasteiger partial charge >= 0.3 is 0 Å². The van der Waals surface area contributed by atoms with Crippen LogP contribution in [0, 0.1) is 13.8 Å². The largest absolute Gasteiger partial charge is 0.439 e. The number of methoxy groups -OCH3 is 1. The van der Waals surface area contributed by atoms with E-state index >= 15 is 0 Å². The average molecular weight is 424 g/mol. The maximum Gasteiger partial charge on any atom is 0.227 e. The Kier molecular flexibility index (Phi) is 8.23. The minimum absolute atomic E-state index is 0.386. The molecule has 0 aliphatic heterocycles. The molecule has 1 aromatic heterocycles. The quantitative estimate of drug-likeness (QED) is 0.492. The highest BCUT2D eigenvalue weighted by molar-refractivity contribution is 5.43. The van der Waals surface area contributed by atoms with Gasteiger partial charge in [0, 0.05) is 26.7 Å². The number of aryl methyl sites for hydroxylation is 2. The molecule has 0 aliphatic carbocycles. The van der Waals surface area contributed by atoms with Gasteiger partial charge in [-0.15, -0.1) is 0 Å². The van der Waals surface area contributed by atoms with E-state index in [9.17, 15) is 5.11 Å². The number of nitrogens with zero attached hydrogens (tertiary/aromatic N) is 3. The SMILES string of the molecule is CCC(O)CN(CCOC)Cc1c(C)nn(-c2ccccc2)c1Oc1ccc(C)cc1. The first-order chi connectivity index (χ1) is 15.0. The minimum Gasteiger partial charge on any atom is -0.439 e. The lowest BCUT2D eigenvalue weighted by molar-refractivity contribution is 0.0825. The molecule has 0 radical (unpaired) electrons. The molecule has 3 aromatic rings. The van der Waals surface area contributed by atoms with Gasteiger partial charge in [0.2, 0.25) is 5.88 Å². The second-order valence-corrected chi connectivity index (χ2v) is 7.82. The maximum absolute atomic E-state index is 10.3. The van der Waals surface area contributed by atoms with Crippen LogP contribution in [-0.2, 0) is 11.3 Å². The molecule has 0 bridgehead atoms. The first-order valence-corrected chi connectivity index (χ1v) is 10.8. The maximum atomic E-state index is 10.3. The number of benzene rings is 2. The van der Waals surface area contributed by atoms with Crippen molar-refractivity contribution in [3.63, 3.8) is 0 Å². The second kappa shape index (κ2) is 11.1. The molecule has 31 heavy (non-hydrogen) atoms. The van der Waals surface area contributed by atoms with Gasteiger partial charge in [0.05, 0.1) is 29.7 Å². The smallest absolute Gasteiger partial charge is 0.227 e. The summed E-state index contributed by atoms with van der Waals surface area (Å²) in [7, 11) is 1.69. The highest BCUT2D eigenvalue weighted by atomic mass is 16.5. The van der Waals surface area contributed by atoms with Crippen molar-refractivity contribution >= 4 is 0 Å². The highest BCUT2D eigenvalue weighted by Crippen LogP contribution is 2.31. The van der Waals surface area contributed by atoms with Gasteiger partial charge in [-0.3, -0.25) is 4.90 Å². The van der Waals surface area contributed by atoms with E-state index in [1.807, 2.05) is 73.1 Å². The second-order valence-electron chi connectivity index (χ2n) is 7.82. The first-order valence-electron chi connectivity index (χ1n) is 10.8. The molecule has 166 valence electrons. The topological polar surface area (TPSA) is 59.8 Å². The van der Waals surface area contributed by atoms with Crippen LogP contribution in [0.15, 0.2) is 54.6 Å². The molecular weight excluding hydrogens is 390 g/mol. The van der Waals surface area contributed by atoms with Gasteiger partial charge in [0.25, 0.3) is 0 Å². The van der Waals surface area contributed by atoms with Crippen molar-refractivity contribution in [1.29, 1.82) is 0 Å². The van der Waals surface area contributed by atoms with E-state index in [-0.39, 0.29) is 6.10 Å². The molecular formula is C25H33N3O3. The van der Waals surface area contributed by atoms with Crippen LogP contribution in [0.1, 0.15) is 30.2 Å². The van der Waals surface area contributed by atoms with E-state index in [0.717, 1.165) is 22.7 Å². The summed E-state index contributed by atoms with van der Waals surface area (Å²) in [5.74, 6) is 1.46. The van der Waals surface area contributed by atoms with Crippen molar-refractivity contribution in [2.24, 2.45) is 0 Å². The summed E-state index contributed by atoms with van der Waals surface area (Å²) in [5, 5.41) is 15.1. The van der Waals surface area contributed by atoms with Gasteiger partial charge in [-0.2, -0.15) is 5.10 Å². The number of aliphatic hydroxyl groups is 1. The average Bonchev–Trinajstić information content (AvgIpc) is 3.09. The van der Waals surface area contributed by atoms with E-state index < -0.39 is 0 Å². The molecule has 2 aromatic carbocycles. The van der Waals surface area contributed by atoms with Crippen molar-refractivity contribution in [3.05, 3.63) is 71.4 Å². The van der Waals surface area contributed by atoms with Crippen LogP contribution in [0.25, 0.3) is 5.69 Å². The fourth-order valence-corrected chi connectivity index (χ4v) is 3.39. The molecule has 0 saturated heterocycles. The molecule has 6 nitrogen and oxygen atoms in total. The van der Waals surface area contributed by atoms with Crippen molar-refractivity contribution in [1.82, 2.24) is 14.7 Å². The monoisotopic (exact) mass is 423 g/mol. The third-order valence-corrected chi connectivity index (χ3v) is 5.31. The van der Waals surface area contributed by atoms with Crippen LogP contribution in [0.3, 0.4) is 0 Å². The van der Waals surface area contributed by atoms with Crippen LogP contribution in [0.5, 0.6) is 11.6 Å². The zero-order chi connectivity index (χ0) is 22.2. The summed E-state index contributed by atoms with van der Waals surface area (Å²) < 4.78 is 13.5. The number of rotatable bonds is 11. The van der Waals surface area contributed by atoms with Crippen LogP contribution < -0.4 is 4.74 Å². The number of aliphatic hydroxyl groups excluding tert-OH is 1. The van der Waals surface area contributed by atoms with E-state index in [1.165, 1.54) is 5.56 Å². The molecule has 1 N–H and O–H groups in total. The van der Waals surface area contributed by atoms with E-state index in [1.54, 1.807) is 7.11 Å². The highest BCUT2D eigenvalue weighted by Gasteiger charge is 2.22. The molecule has 1 heterocycles. The summed E-state index contributed by atoms with van der Waals surface area (Å²) in [5.41, 5.74) is 4.03. The van der Waals surface area contributed by atoms with Gasteiger partial charge in [-0.25, -0.2) is 4.68 Å². The molecule has 6 heteroatoms. The predicted octanol–water partition coefficient (Wildman–Crippen LogP) is 4.50. The number of hydrogen-bond donors (Lipinski definition) is 1. The number of para-hydroxylation sites is 1. The molecule has 0 aliphatic rings. The molecule has 0 amide bonds. The Hall–Kier alpha value is -2.67. The zero-order valence-electron chi connectivity index (χ0n) is 18.9.